The minimum absolute atomic E-state index is 0.231. The van der Waals surface area contributed by atoms with Gasteiger partial charge in [-0.2, -0.15) is 0 Å². The Bertz CT molecular complexity index is 719. The fraction of sp³-hybridized carbons (Fsp3) is 0.0909. The molecule has 3 rings (SSSR count). The number of hydrogen-bond acceptors (Lipinski definition) is 4. The molecule has 92 valence electrons. The molecule has 4 nitrogen and oxygen atoms in total. The maximum Gasteiger partial charge on any atom is 0.216 e. The number of aromatic nitrogens is 3. The molecule has 18 heavy (non-hydrogen) atoms. The van der Waals surface area contributed by atoms with Gasteiger partial charge in [0.15, 0.2) is 17.5 Å². The predicted octanol–water partition coefficient (Wildman–Crippen LogP) is 2.19. The minimum atomic E-state index is -0.880. The van der Waals surface area contributed by atoms with Crippen LogP contribution in [-0.2, 0) is 6.54 Å². The van der Waals surface area contributed by atoms with Gasteiger partial charge in [0.1, 0.15) is 0 Å². The Labute approximate surface area is 105 Å². The molecule has 0 saturated carbocycles. The molecule has 0 aliphatic rings. The lowest BCUT2D eigenvalue weighted by Gasteiger charge is -2.02. The molecule has 0 amide bonds. The summed E-state index contributed by atoms with van der Waals surface area (Å²) in [5, 5.41) is 9.71. The minimum Gasteiger partial charge on any atom is -0.324 e. The summed E-state index contributed by atoms with van der Waals surface area (Å²) < 4.78 is 27.9. The maximum atomic E-state index is 13.2. The molecule has 0 saturated heterocycles. The standard InChI is InChI=1S/C11H8F2N4S/c12-7-2-1-6(3-8(7)13)9-5-18-11-16-15-10(4-14)17(9)11/h1-3,5H,4,14H2. The molecule has 0 bridgehead atoms. The van der Waals surface area contributed by atoms with Gasteiger partial charge in [0, 0.05) is 10.9 Å². The summed E-state index contributed by atoms with van der Waals surface area (Å²) in [6, 6.07) is 3.76. The Kier molecular flexibility index (Phi) is 2.57. The van der Waals surface area contributed by atoms with Crippen LogP contribution in [0.15, 0.2) is 23.6 Å². The van der Waals surface area contributed by atoms with E-state index in [0.717, 1.165) is 12.1 Å². The molecular formula is C11H8F2N4S. The van der Waals surface area contributed by atoms with Crippen molar-refractivity contribution in [3.63, 3.8) is 0 Å². The molecule has 3 aromatic rings. The van der Waals surface area contributed by atoms with Crippen LogP contribution in [0.4, 0.5) is 8.78 Å². The summed E-state index contributed by atoms with van der Waals surface area (Å²) in [7, 11) is 0. The van der Waals surface area contributed by atoms with E-state index in [0.29, 0.717) is 22.0 Å². The Morgan fingerprint density at radius 1 is 1.22 bits per heavy atom. The van der Waals surface area contributed by atoms with Gasteiger partial charge in [-0.25, -0.2) is 8.78 Å². The molecule has 2 N–H and O–H groups in total. The van der Waals surface area contributed by atoms with E-state index in [1.54, 1.807) is 4.40 Å². The lowest BCUT2D eigenvalue weighted by Crippen LogP contribution is -2.03. The molecule has 2 heterocycles. The van der Waals surface area contributed by atoms with Crippen LogP contribution in [0, 0.1) is 11.6 Å². The van der Waals surface area contributed by atoms with Crippen molar-refractivity contribution in [1.29, 1.82) is 0 Å². The Morgan fingerprint density at radius 2 is 2.06 bits per heavy atom. The SMILES string of the molecule is NCc1nnc2scc(-c3ccc(F)c(F)c3)n12. The highest BCUT2D eigenvalue weighted by molar-refractivity contribution is 7.15. The topological polar surface area (TPSA) is 56.2 Å². The average molecular weight is 266 g/mol. The Hall–Kier alpha value is -1.86. The Balaban J connectivity index is 2.24. The van der Waals surface area contributed by atoms with Gasteiger partial charge in [0.25, 0.3) is 0 Å². The lowest BCUT2D eigenvalue weighted by molar-refractivity contribution is 0.509. The highest BCUT2D eigenvalue weighted by Gasteiger charge is 2.13. The molecule has 0 unspecified atom stereocenters. The quantitative estimate of drug-likeness (QED) is 0.773. The zero-order chi connectivity index (χ0) is 12.7. The van der Waals surface area contributed by atoms with Gasteiger partial charge in [-0.3, -0.25) is 4.40 Å². The molecule has 0 fully saturated rings. The maximum absolute atomic E-state index is 13.2. The molecule has 0 atom stereocenters. The predicted molar refractivity (Wildman–Crippen MR) is 64.1 cm³/mol. The van der Waals surface area contributed by atoms with Crippen molar-refractivity contribution in [3.05, 3.63) is 41.0 Å². The number of nitrogens with zero attached hydrogens (tertiary/aromatic N) is 3. The number of rotatable bonds is 2. The number of thiazole rings is 1. The van der Waals surface area contributed by atoms with Gasteiger partial charge in [0.05, 0.1) is 12.2 Å². The normalized spacial score (nSPS) is 11.3. The number of hydrogen-bond donors (Lipinski definition) is 1. The van der Waals surface area contributed by atoms with Crippen LogP contribution >= 0.6 is 11.3 Å². The summed E-state index contributed by atoms with van der Waals surface area (Å²) in [6.45, 7) is 0.231. The van der Waals surface area contributed by atoms with E-state index >= 15 is 0 Å². The summed E-state index contributed by atoms with van der Waals surface area (Å²) >= 11 is 1.37. The number of fused-ring (bicyclic) bond motifs is 1. The van der Waals surface area contributed by atoms with Crippen molar-refractivity contribution < 1.29 is 8.78 Å². The highest BCUT2D eigenvalue weighted by Crippen LogP contribution is 2.27. The molecule has 0 aliphatic carbocycles. The van der Waals surface area contributed by atoms with E-state index in [1.807, 2.05) is 5.38 Å². The van der Waals surface area contributed by atoms with Crippen molar-refractivity contribution in [3.8, 4) is 11.3 Å². The summed E-state index contributed by atoms with van der Waals surface area (Å²) in [6.07, 6.45) is 0. The van der Waals surface area contributed by atoms with E-state index in [4.69, 9.17) is 5.73 Å². The zero-order valence-electron chi connectivity index (χ0n) is 9.10. The van der Waals surface area contributed by atoms with Crippen LogP contribution in [-0.4, -0.2) is 14.6 Å². The fourth-order valence-electron chi connectivity index (χ4n) is 1.76. The van der Waals surface area contributed by atoms with Crippen molar-refractivity contribution >= 4 is 16.3 Å². The highest BCUT2D eigenvalue weighted by atomic mass is 32.1. The second-order valence-electron chi connectivity index (χ2n) is 3.69. The molecule has 7 heteroatoms. The van der Waals surface area contributed by atoms with Gasteiger partial charge in [0.2, 0.25) is 4.96 Å². The number of halogens is 2. The molecule has 0 radical (unpaired) electrons. The number of nitrogens with two attached hydrogens (primary N) is 1. The fourth-order valence-corrected chi connectivity index (χ4v) is 2.62. The van der Waals surface area contributed by atoms with E-state index in [1.165, 1.54) is 17.4 Å². The van der Waals surface area contributed by atoms with Crippen molar-refractivity contribution in [1.82, 2.24) is 14.6 Å². The third kappa shape index (κ3) is 1.59. The van der Waals surface area contributed by atoms with Gasteiger partial charge < -0.3 is 5.73 Å². The Morgan fingerprint density at radius 3 is 2.78 bits per heavy atom. The average Bonchev–Trinajstić information content (AvgIpc) is 2.93. The largest absolute Gasteiger partial charge is 0.324 e. The van der Waals surface area contributed by atoms with Crippen LogP contribution < -0.4 is 5.73 Å². The van der Waals surface area contributed by atoms with E-state index in [-0.39, 0.29) is 6.54 Å². The van der Waals surface area contributed by atoms with Gasteiger partial charge in [-0.1, -0.05) is 0 Å². The van der Waals surface area contributed by atoms with Crippen molar-refractivity contribution in [2.45, 2.75) is 6.54 Å². The van der Waals surface area contributed by atoms with Crippen LogP contribution in [0.2, 0.25) is 0 Å². The van der Waals surface area contributed by atoms with Gasteiger partial charge in [-0.05, 0) is 18.2 Å². The summed E-state index contributed by atoms with van der Waals surface area (Å²) in [4.78, 5) is 0.676. The first-order valence-electron chi connectivity index (χ1n) is 5.17. The van der Waals surface area contributed by atoms with Gasteiger partial charge >= 0.3 is 0 Å². The first-order chi connectivity index (χ1) is 8.70. The van der Waals surface area contributed by atoms with E-state index in [2.05, 4.69) is 10.2 Å². The third-order valence-electron chi connectivity index (χ3n) is 2.62. The first-order valence-corrected chi connectivity index (χ1v) is 6.05. The van der Waals surface area contributed by atoms with Crippen molar-refractivity contribution in [2.24, 2.45) is 5.73 Å². The summed E-state index contributed by atoms with van der Waals surface area (Å²) in [5.74, 6) is -1.16. The van der Waals surface area contributed by atoms with E-state index in [9.17, 15) is 8.78 Å². The van der Waals surface area contributed by atoms with Crippen molar-refractivity contribution in [2.75, 3.05) is 0 Å². The lowest BCUT2D eigenvalue weighted by atomic mass is 10.1. The first kappa shape index (κ1) is 11.2. The van der Waals surface area contributed by atoms with Crippen LogP contribution in [0.1, 0.15) is 5.82 Å². The molecule has 2 aromatic heterocycles. The van der Waals surface area contributed by atoms with Gasteiger partial charge in [-0.15, -0.1) is 21.5 Å². The monoisotopic (exact) mass is 266 g/mol. The second kappa shape index (κ2) is 4.11. The smallest absolute Gasteiger partial charge is 0.216 e. The zero-order valence-corrected chi connectivity index (χ0v) is 9.92. The molecular weight excluding hydrogens is 258 g/mol. The summed E-state index contributed by atoms with van der Waals surface area (Å²) in [5.41, 5.74) is 6.84. The molecule has 1 aromatic carbocycles. The number of benzene rings is 1. The second-order valence-corrected chi connectivity index (χ2v) is 4.52. The van der Waals surface area contributed by atoms with E-state index < -0.39 is 11.6 Å². The van der Waals surface area contributed by atoms with Crippen LogP contribution in [0.25, 0.3) is 16.2 Å². The third-order valence-corrected chi connectivity index (χ3v) is 3.43. The van der Waals surface area contributed by atoms with Crippen LogP contribution in [0.3, 0.4) is 0 Å². The molecule has 0 spiro atoms. The van der Waals surface area contributed by atoms with Crippen LogP contribution in [0.5, 0.6) is 0 Å². The molecule has 0 aliphatic heterocycles.